The second-order valence-electron chi connectivity index (χ2n) is 6.61. The third-order valence-electron chi connectivity index (χ3n) is 5.02. The van der Waals surface area contributed by atoms with Crippen molar-refractivity contribution in [2.45, 2.75) is 38.4 Å². The van der Waals surface area contributed by atoms with Crippen molar-refractivity contribution in [2.75, 3.05) is 0 Å². The van der Waals surface area contributed by atoms with Gasteiger partial charge in [-0.3, -0.25) is 4.79 Å². The number of carbonyl (C=O) groups excluding carboxylic acids is 1. The summed E-state index contributed by atoms with van der Waals surface area (Å²) >= 11 is 0. The number of hydrogen-bond acceptors (Lipinski definition) is 3. The van der Waals surface area contributed by atoms with Crippen LogP contribution in [0.25, 0.3) is 6.08 Å². The Kier molecular flexibility index (Phi) is 4.45. The Labute approximate surface area is 140 Å². The first-order valence-electron chi connectivity index (χ1n) is 7.73. The zero-order chi connectivity index (χ0) is 18.5. The first-order chi connectivity index (χ1) is 11.7. The van der Waals surface area contributed by atoms with Crippen LogP contribution in [0.15, 0.2) is 6.08 Å². The molecule has 0 unspecified atom stereocenters. The molecule has 1 aromatic carbocycles. The van der Waals surface area contributed by atoms with Gasteiger partial charge in [-0.1, -0.05) is 6.92 Å². The van der Waals surface area contributed by atoms with Crippen LogP contribution >= 0.6 is 0 Å². The highest BCUT2D eigenvalue weighted by molar-refractivity contribution is 5.82. The highest BCUT2D eigenvalue weighted by Crippen LogP contribution is 2.43. The fraction of sp³-hybridized carbons (Fsp3) is 0.471. The first kappa shape index (κ1) is 18.0. The molecule has 0 amide bonds. The number of halogens is 5. The lowest BCUT2D eigenvalue weighted by Gasteiger charge is -2.45. The Bertz CT molecular complexity index is 734. The molecule has 4 atom stereocenters. The standard InChI is InChI=1S/C17H15F5O3/c1-7-10(23)5-8-6-11(7)24-25-17(8,2)4-3-9-12(18)14(20)16(22)15(21)13(9)19/h3-4,7-8,11H,5-6H2,1-2H3/b4-3+/t7-,8+,11+,17+/m1/s1. The van der Waals surface area contributed by atoms with Gasteiger partial charge < -0.3 is 0 Å². The van der Waals surface area contributed by atoms with Gasteiger partial charge in [0.2, 0.25) is 5.82 Å². The van der Waals surface area contributed by atoms with Gasteiger partial charge in [0, 0.05) is 18.3 Å². The van der Waals surface area contributed by atoms with Crippen molar-refractivity contribution in [1.82, 2.24) is 0 Å². The van der Waals surface area contributed by atoms with Crippen molar-refractivity contribution in [2.24, 2.45) is 11.8 Å². The predicted molar refractivity (Wildman–Crippen MR) is 76.5 cm³/mol. The highest BCUT2D eigenvalue weighted by Gasteiger charge is 2.48. The molecule has 1 aliphatic heterocycles. The maximum Gasteiger partial charge on any atom is 0.200 e. The van der Waals surface area contributed by atoms with Gasteiger partial charge in [0.05, 0.1) is 5.56 Å². The zero-order valence-corrected chi connectivity index (χ0v) is 13.4. The lowest BCUT2D eigenvalue weighted by Crippen LogP contribution is -2.52. The minimum Gasteiger partial charge on any atom is -0.299 e. The summed E-state index contributed by atoms with van der Waals surface area (Å²) in [4.78, 5) is 22.5. The number of carbonyl (C=O) groups is 1. The van der Waals surface area contributed by atoms with Crippen molar-refractivity contribution >= 4 is 11.9 Å². The number of rotatable bonds is 2. The van der Waals surface area contributed by atoms with Crippen LogP contribution in [0.5, 0.6) is 0 Å². The van der Waals surface area contributed by atoms with Gasteiger partial charge in [-0.25, -0.2) is 31.7 Å². The molecule has 0 radical (unpaired) electrons. The molecule has 2 bridgehead atoms. The van der Waals surface area contributed by atoms with E-state index in [1.165, 1.54) is 6.92 Å². The van der Waals surface area contributed by atoms with E-state index in [-0.39, 0.29) is 24.0 Å². The molecule has 2 fully saturated rings. The van der Waals surface area contributed by atoms with Crippen LogP contribution < -0.4 is 0 Å². The molecule has 3 rings (SSSR count). The van der Waals surface area contributed by atoms with E-state index in [9.17, 15) is 26.7 Å². The van der Waals surface area contributed by atoms with Crippen LogP contribution in [0.1, 0.15) is 32.3 Å². The van der Waals surface area contributed by atoms with Crippen LogP contribution in [-0.4, -0.2) is 17.5 Å². The van der Waals surface area contributed by atoms with E-state index in [1.54, 1.807) is 6.92 Å². The Morgan fingerprint density at radius 2 is 1.60 bits per heavy atom. The van der Waals surface area contributed by atoms with E-state index in [1.807, 2.05) is 0 Å². The number of hydrogen-bond donors (Lipinski definition) is 0. The van der Waals surface area contributed by atoms with Gasteiger partial charge in [0.15, 0.2) is 23.3 Å². The normalized spacial score (nSPS) is 32.4. The molecule has 1 saturated heterocycles. The van der Waals surface area contributed by atoms with Crippen LogP contribution in [0.3, 0.4) is 0 Å². The molecule has 0 aromatic heterocycles. The second-order valence-corrected chi connectivity index (χ2v) is 6.61. The van der Waals surface area contributed by atoms with Crippen LogP contribution in [0.4, 0.5) is 22.0 Å². The Hall–Kier alpha value is -1.80. The van der Waals surface area contributed by atoms with Crippen LogP contribution in [-0.2, 0) is 14.6 Å². The lowest BCUT2D eigenvalue weighted by molar-refractivity contribution is -0.415. The maximum atomic E-state index is 13.7. The van der Waals surface area contributed by atoms with E-state index < -0.39 is 46.4 Å². The van der Waals surface area contributed by atoms with Gasteiger partial charge in [0.1, 0.15) is 17.5 Å². The molecular formula is C17H15F5O3. The molecule has 2 aliphatic rings. The second kappa shape index (κ2) is 6.17. The molecule has 1 heterocycles. The smallest absolute Gasteiger partial charge is 0.200 e. The number of Topliss-reactive ketones (excluding diaryl/α,β-unsaturated/α-hetero) is 1. The topological polar surface area (TPSA) is 35.5 Å². The minimum absolute atomic E-state index is 0.0274. The van der Waals surface area contributed by atoms with Crippen molar-refractivity contribution in [1.29, 1.82) is 0 Å². The van der Waals surface area contributed by atoms with Crippen molar-refractivity contribution < 1.29 is 36.5 Å². The maximum absolute atomic E-state index is 13.7. The van der Waals surface area contributed by atoms with E-state index in [2.05, 4.69) is 0 Å². The quantitative estimate of drug-likeness (QED) is 0.344. The largest absolute Gasteiger partial charge is 0.299 e. The minimum atomic E-state index is -2.22. The SMILES string of the molecule is C[C@@H]1C(=O)C[C@H]2C[C@@H]1OO[C@@]2(C)/C=C/c1c(F)c(F)c(F)c(F)c1F. The average Bonchev–Trinajstić information content (AvgIpc) is 2.59. The molecule has 0 spiro atoms. The molecule has 0 N–H and O–H groups in total. The summed E-state index contributed by atoms with van der Waals surface area (Å²) in [6.45, 7) is 3.25. The summed E-state index contributed by atoms with van der Waals surface area (Å²) < 4.78 is 67.1. The molecule has 1 aromatic rings. The summed E-state index contributed by atoms with van der Waals surface area (Å²) in [7, 11) is 0. The molecule has 1 aliphatic carbocycles. The average molecular weight is 362 g/mol. The molecule has 136 valence electrons. The summed E-state index contributed by atoms with van der Waals surface area (Å²) in [5.74, 6) is -10.8. The number of fused-ring (bicyclic) bond motifs is 2. The molecule has 1 saturated carbocycles. The predicted octanol–water partition coefficient (Wildman–Crippen LogP) is 4.10. The van der Waals surface area contributed by atoms with Gasteiger partial charge in [-0.15, -0.1) is 0 Å². The number of benzene rings is 1. The van der Waals surface area contributed by atoms with Gasteiger partial charge in [-0.05, 0) is 25.5 Å². The highest BCUT2D eigenvalue weighted by atomic mass is 19.2. The summed E-state index contributed by atoms with van der Waals surface area (Å²) in [5.41, 5.74) is -2.30. The summed E-state index contributed by atoms with van der Waals surface area (Å²) in [6.07, 6.45) is 2.18. The fourth-order valence-corrected chi connectivity index (χ4v) is 3.18. The lowest BCUT2D eigenvalue weighted by atomic mass is 9.71. The zero-order valence-electron chi connectivity index (χ0n) is 13.4. The van der Waals surface area contributed by atoms with Crippen LogP contribution in [0, 0.1) is 40.9 Å². The monoisotopic (exact) mass is 362 g/mol. The summed E-state index contributed by atoms with van der Waals surface area (Å²) in [6, 6.07) is 0. The van der Waals surface area contributed by atoms with Gasteiger partial charge in [-0.2, -0.15) is 0 Å². The number of ketones is 1. The van der Waals surface area contributed by atoms with Crippen molar-refractivity contribution in [3.8, 4) is 0 Å². The van der Waals surface area contributed by atoms with Gasteiger partial charge >= 0.3 is 0 Å². The summed E-state index contributed by atoms with van der Waals surface area (Å²) in [5, 5.41) is 0. The van der Waals surface area contributed by atoms with Crippen molar-refractivity contribution in [3.05, 3.63) is 40.7 Å². The molecule has 3 nitrogen and oxygen atoms in total. The van der Waals surface area contributed by atoms with Crippen molar-refractivity contribution in [3.63, 3.8) is 0 Å². The Morgan fingerprint density at radius 3 is 2.20 bits per heavy atom. The fourth-order valence-electron chi connectivity index (χ4n) is 3.18. The first-order valence-corrected chi connectivity index (χ1v) is 7.73. The van der Waals surface area contributed by atoms with E-state index >= 15 is 0 Å². The van der Waals surface area contributed by atoms with E-state index in [0.29, 0.717) is 6.42 Å². The Morgan fingerprint density at radius 1 is 1.04 bits per heavy atom. The third-order valence-corrected chi connectivity index (χ3v) is 5.02. The molecular weight excluding hydrogens is 347 g/mol. The van der Waals surface area contributed by atoms with Crippen LogP contribution in [0.2, 0.25) is 0 Å². The van der Waals surface area contributed by atoms with Gasteiger partial charge in [0.25, 0.3) is 0 Å². The third kappa shape index (κ3) is 2.87. The molecule has 8 heteroatoms. The Balaban J connectivity index is 1.94. The molecule has 25 heavy (non-hydrogen) atoms. The van der Waals surface area contributed by atoms with E-state index in [4.69, 9.17) is 9.78 Å². The van der Waals surface area contributed by atoms with E-state index in [0.717, 1.165) is 12.2 Å².